The van der Waals surface area contributed by atoms with E-state index >= 15 is 0 Å². The zero-order chi connectivity index (χ0) is 10.4. The van der Waals surface area contributed by atoms with Gasteiger partial charge in [0, 0.05) is 10.2 Å². The van der Waals surface area contributed by atoms with Crippen LogP contribution >= 0.6 is 0 Å². The van der Waals surface area contributed by atoms with Gasteiger partial charge in [-0.15, -0.1) is 0 Å². The van der Waals surface area contributed by atoms with Crippen LogP contribution < -0.4 is 0 Å². The molecule has 0 aromatic heterocycles. The number of hydrogen-bond donors (Lipinski definition) is 0. The van der Waals surface area contributed by atoms with Gasteiger partial charge in [-0.1, -0.05) is 47.7 Å². The lowest BCUT2D eigenvalue weighted by atomic mass is 9.92. The van der Waals surface area contributed by atoms with Gasteiger partial charge < -0.3 is 0 Å². The largest absolute Gasteiger partial charge is 0.0839 e. The van der Waals surface area contributed by atoms with E-state index in [9.17, 15) is 0 Å². The Balaban J connectivity index is 2.49. The van der Waals surface area contributed by atoms with Gasteiger partial charge in [0.25, 0.3) is 0 Å². The van der Waals surface area contributed by atoms with Gasteiger partial charge in [-0.3, -0.25) is 0 Å². The molecular weight excluding hydrogens is 212 g/mol. The fraction of sp³-hybridized carbons (Fsp3) is 0.0769. The molecule has 0 saturated carbocycles. The minimum absolute atomic E-state index is 0.278. The third-order valence-corrected chi connectivity index (χ3v) is 4.25. The summed E-state index contributed by atoms with van der Waals surface area (Å²) < 4.78 is 0. The van der Waals surface area contributed by atoms with Gasteiger partial charge in [-0.2, -0.15) is 0 Å². The van der Waals surface area contributed by atoms with E-state index in [-0.39, 0.29) is 5.54 Å². The molecule has 6 radical (unpaired) electrons. The first-order chi connectivity index (χ1) is 7.27. The van der Waals surface area contributed by atoms with Gasteiger partial charge in [0.2, 0.25) is 0 Å². The Morgan fingerprint density at radius 2 is 1.73 bits per heavy atom. The lowest BCUT2D eigenvalue weighted by Crippen LogP contribution is -2.07. The van der Waals surface area contributed by atoms with Crippen LogP contribution in [0.2, 0.25) is 0 Å². The van der Waals surface area contributed by atoms with Crippen molar-refractivity contribution in [1.29, 1.82) is 0 Å². The molecule has 2 heteroatoms. The first-order valence-electron chi connectivity index (χ1n) is 4.93. The lowest BCUT2D eigenvalue weighted by Gasteiger charge is -2.22. The normalized spacial score (nSPS) is 19.1. The highest BCUT2D eigenvalue weighted by Crippen LogP contribution is 2.35. The molecule has 0 amide bonds. The van der Waals surface area contributed by atoms with Crippen LogP contribution in [0.3, 0.4) is 0 Å². The number of rotatable bonds is 0. The summed E-state index contributed by atoms with van der Waals surface area (Å²) in [4.78, 5) is 0. The zero-order valence-corrected chi connectivity index (χ0v) is 10.1. The third kappa shape index (κ3) is 1.25. The number of benzene rings is 2. The second-order valence-corrected chi connectivity index (χ2v) is 4.98. The molecular formula is C13H8Si2. The summed E-state index contributed by atoms with van der Waals surface area (Å²) in [6.45, 7) is 0. The summed E-state index contributed by atoms with van der Waals surface area (Å²) in [5, 5.41) is 3.85. The van der Waals surface area contributed by atoms with E-state index in [1.54, 1.807) is 0 Å². The first kappa shape index (κ1) is 9.13. The maximum Gasteiger partial charge on any atom is 0.0654 e. The van der Waals surface area contributed by atoms with E-state index in [2.05, 4.69) is 63.0 Å². The number of allylic oxidation sites excluding steroid dienone is 1. The molecule has 1 aliphatic carbocycles. The van der Waals surface area contributed by atoms with E-state index in [0.717, 1.165) is 0 Å². The summed E-state index contributed by atoms with van der Waals surface area (Å²) in [6, 6.07) is 12.9. The van der Waals surface area contributed by atoms with Crippen molar-refractivity contribution in [2.75, 3.05) is 0 Å². The molecule has 1 unspecified atom stereocenters. The van der Waals surface area contributed by atoms with Crippen molar-refractivity contribution in [1.82, 2.24) is 0 Å². The summed E-state index contributed by atoms with van der Waals surface area (Å²) >= 11 is 0. The minimum atomic E-state index is 0.278. The van der Waals surface area contributed by atoms with Gasteiger partial charge in [0.1, 0.15) is 0 Å². The molecule has 0 spiro atoms. The number of hydrogen-bond acceptors (Lipinski definition) is 0. The summed E-state index contributed by atoms with van der Waals surface area (Å²) in [6.07, 6.45) is 2.18. The van der Waals surface area contributed by atoms with Crippen LogP contribution in [-0.4, -0.2) is 20.5 Å². The smallest absolute Gasteiger partial charge is 0.0654 e. The van der Waals surface area contributed by atoms with Crippen LogP contribution in [0.25, 0.3) is 16.8 Å². The Hall–Kier alpha value is -1.13. The predicted molar refractivity (Wildman–Crippen MR) is 66.2 cm³/mol. The Bertz CT molecular complexity index is 565. The van der Waals surface area contributed by atoms with Crippen LogP contribution in [0.4, 0.5) is 0 Å². The monoisotopic (exact) mass is 220 g/mol. The molecule has 2 aromatic rings. The van der Waals surface area contributed by atoms with Gasteiger partial charge in [0.05, 0.1) is 10.2 Å². The van der Waals surface area contributed by atoms with E-state index in [1.807, 2.05) is 0 Å². The van der Waals surface area contributed by atoms with Gasteiger partial charge in [-0.05, 0) is 27.4 Å². The summed E-state index contributed by atoms with van der Waals surface area (Å²) in [7, 11) is 7.41. The van der Waals surface area contributed by atoms with Crippen molar-refractivity contribution in [2.45, 2.75) is 5.54 Å². The molecule has 2 aromatic carbocycles. The van der Waals surface area contributed by atoms with Crippen LogP contribution in [0.1, 0.15) is 16.7 Å². The molecule has 15 heavy (non-hydrogen) atoms. The molecule has 1 atom stereocenters. The topological polar surface area (TPSA) is 0 Å². The maximum atomic E-state index is 3.75. The minimum Gasteiger partial charge on any atom is -0.0839 e. The quantitative estimate of drug-likeness (QED) is 0.599. The van der Waals surface area contributed by atoms with E-state index in [0.29, 0.717) is 0 Å². The van der Waals surface area contributed by atoms with Gasteiger partial charge in [-0.25, -0.2) is 0 Å². The Kier molecular flexibility index (Phi) is 1.94. The molecule has 3 rings (SSSR count). The molecule has 0 fully saturated rings. The molecule has 0 aliphatic heterocycles. The standard InChI is InChI=1S/C13H8Si2/c14-11-7-9-5-1-3-8-4-2-6-10(12(8)9)13(11)15/h1-7,13H. The second-order valence-electron chi connectivity index (χ2n) is 3.83. The molecule has 68 valence electrons. The SMILES string of the molecule is [Si]C1=Cc2cccc3cccc(c23)C1[Si]. The fourth-order valence-corrected chi connectivity index (χ4v) is 2.81. The Morgan fingerprint density at radius 1 is 1.00 bits per heavy atom. The van der Waals surface area contributed by atoms with E-state index < -0.39 is 0 Å². The van der Waals surface area contributed by atoms with Crippen LogP contribution in [-0.2, 0) is 0 Å². The van der Waals surface area contributed by atoms with Crippen LogP contribution in [0, 0.1) is 0 Å². The first-order valence-corrected chi connectivity index (χ1v) is 6.01. The predicted octanol–water partition coefficient (Wildman–Crippen LogP) is 2.57. The average molecular weight is 220 g/mol. The van der Waals surface area contributed by atoms with Crippen molar-refractivity contribution in [2.24, 2.45) is 0 Å². The van der Waals surface area contributed by atoms with Crippen molar-refractivity contribution in [3.63, 3.8) is 0 Å². The van der Waals surface area contributed by atoms with E-state index in [4.69, 9.17) is 0 Å². The molecule has 0 saturated heterocycles. The molecule has 0 bridgehead atoms. The highest BCUT2D eigenvalue weighted by Gasteiger charge is 2.17. The fourth-order valence-electron chi connectivity index (χ4n) is 2.18. The van der Waals surface area contributed by atoms with Crippen molar-refractivity contribution in [3.8, 4) is 0 Å². The van der Waals surface area contributed by atoms with Crippen molar-refractivity contribution in [3.05, 3.63) is 52.7 Å². The average Bonchev–Trinajstić information content (AvgIpc) is 2.26. The lowest BCUT2D eigenvalue weighted by molar-refractivity contribution is 1.20. The molecule has 1 aliphatic rings. The van der Waals surface area contributed by atoms with Crippen molar-refractivity contribution >= 4 is 37.3 Å². The highest BCUT2D eigenvalue weighted by atomic mass is 28.2. The third-order valence-electron chi connectivity index (χ3n) is 2.90. The van der Waals surface area contributed by atoms with Gasteiger partial charge in [0.15, 0.2) is 0 Å². The van der Waals surface area contributed by atoms with E-state index in [1.165, 1.54) is 27.1 Å². The Labute approximate surface area is 95.9 Å². The zero-order valence-electron chi connectivity index (χ0n) is 8.12. The Morgan fingerprint density at radius 3 is 2.53 bits per heavy atom. The maximum absolute atomic E-state index is 3.75. The molecule has 0 nitrogen and oxygen atoms in total. The summed E-state index contributed by atoms with van der Waals surface area (Å²) in [5.41, 5.74) is 2.91. The summed E-state index contributed by atoms with van der Waals surface area (Å²) in [5.74, 6) is 0. The second kappa shape index (κ2) is 3.18. The van der Waals surface area contributed by atoms with Crippen LogP contribution in [0.15, 0.2) is 41.6 Å². The molecule has 0 heterocycles. The van der Waals surface area contributed by atoms with Crippen molar-refractivity contribution < 1.29 is 0 Å². The van der Waals surface area contributed by atoms with Crippen LogP contribution in [0.5, 0.6) is 0 Å². The molecule has 0 N–H and O–H groups in total. The van der Waals surface area contributed by atoms with Gasteiger partial charge >= 0.3 is 0 Å². The highest BCUT2D eigenvalue weighted by molar-refractivity contribution is 6.33.